The molecule has 7 heteroatoms. The smallest absolute Gasteiger partial charge is 0.274 e. The maximum atomic E-state index is 13.5. The van der Waals surface area contributed by atoms with Crippen LogP contribution in [-0.2, 0) is 7.05 Å². The SMILES string of the molecule is CCN1CCCCCCN(C(=O)c2cn(C)cn2)[C@@H]2CCCC[C@@H]2Oc2ccccc2C1=O. The Kier molecular flexibility index (Phi) is 7.68. The molecule has 2 atom stereocenters. The number of aryl methyl sites for hydroxylation is 1. The van der Waals surface area contributed by atoms with Gasteiger partial charge in [0.05, 0.1) is 17.9 Å². The molecule has 1 aliphatic carbocycles. The Hall–Kier alpha value is -2.83. The van der Waals surface area contributed by atoms with Gasteiger partial charge in [0.1, 0.15) is 17.5 Å². The maximum absolute atomic E-state index is 13.5. The average molecular weight is 453 g/mol. The van der Waals surface area contributed by atoms with Crippen LogP contribution in [0.5, 0.6) is 5.75 Å². The molecule has 7 nitrogen and oxygen atoms in total. The summed E-state index contributed by atoms with van der Waals surface area (Å²) in [6.07, 6.45) is 11.2. The number of para-hydroxylation sites is 1. The Balaban J connectivity index is 1.67. The first-order valence-corrected chi connectivity index (χ1v) is 12.4. The Labute approximate surface area is 196 Å². The number of ether oxygens (including phenoxy) is 1. The van der Waals surface area contributed by atoms with Crippen molar-refractivity contribution < 1.29 is 14.3 Å². The number of imidazole rings is 1. The summed E-state index contributed by atoms with van der Waals surface area (Å²) in [5.41, 5.74) is 1.10. The summed E-state index contributed by atoms with van der Waals surface area (Å²) in [4.78, 5) is 35.1. The number of rotatable bonds is 2. The molecular formula is C26H36N4O3. The number of amides is 2. The highest BCUT2D eigenvalue weighted by atomic mass is 16.5. The first-order valence-electron chi connectivity index (χ1n) is 12.4. The summed E-state index contributed by atoms with van der Waals surface area (Å²) in [6, 6.07) is 7.54. The van der Waals surface area contributed by atoms with E-state index in [1.54, 1.807) is 12.5 Å². The van der Waals surface area contributed by atoms with Gasteiger partial charge in [0.25, 0.3) is 11.8 Å². The Morgan fingerprint density at radius 2 is 1.82 bits per heavy atom. The molecule has 0 bridgehead atoms. The normalized spacial score (nSPS) is 22.7. The molecule has 0 unspecified atom stereocenters. The quantitative estimate of drug-likeness (QED) is 0.682. The van der Waals surface area contributed by atoms with E-state index < -0.39 is 0 Å². The van der Waals surface area contributed by atoms with Gasteiger partial charge in [0.2, 0.25) is 0 Å². The van der Waals surface area contributed by atoms with Gasteiger partial charge in [-0.05, 0) is 51.2 Å². The molecule has 2 aromatic rings. The number of benzene rings is 1. The number of fused-ring (bicyclic) bond motifs is 2. The van der Waals surface area contributed by atoms with Crippen LogP contribution >= 0.6 is 0 Å². The lowest BCUT2D eigenvalue weighted by Crippen LogP contribution is -2.51. The Morgan fingerprint density at radius 3 is 2.58 bits per heavy atom. The molecule has 1 saturated carbocycles. The lowest BCUT2D eigenvalue weighted by Gasteiger charge is -2.40. The fourth-order valence-corrected chi connectivity index (χ4v) is 5.08. The Bertz CT molecular complexity index is 957. The molecule has 0 radical (unpaired) electrons. The van der Waals surface area contributed by atoms with Gasteiger partial charge < -0.3 is 19.1 Å². The maximum Gasteiger partial charge on any atom is 0.274 e. The van der Waals surface area contributed by atoms with Crippen LogP contribution in [0, 0.1) is 0 Å². The molecule has 0 N–H and O–H groups in total. The topological polar surface area (TPSA) is 67.7 Å². The fraction of sp³-hybridized carbons (Fsp3) is 0.577. The van der Waals surface area contributed by atoms with Gasteiger partial charge in [-0.15, -0.1) is 0 Å². The second-order valence-electron chi connectivity index (χ2n) is 9.23. The van der Waals surface area contributed by atoms with E-state index in [9.17, 15) is 9.59 Å². The highest BCUT2D eigenvalue weighted by Gasteiger charge is 2.36. The summed E-state index contributed by atoms with van der Waals surface area (Å²) < 4.78 is 8.38. The van der Waals surface area contributed by atoms with Crippen molar-refractivity contribution in [1.29, 1.82) is 0 Å². The number of hydrogen-bond acceptors (Lipinski definition) is 4. The lowest BCUT2D eigenvalue weighted by molar-refractivity contribution is 0.0263. The van der Waals surface area contributed by atoms with Gasteiger partial charge in [-0.2, -0.15) is 0 Å². The summed E-state index contributed by atoms with van der Waals surface area (Å²) >= 11 is 0. The number of aromatic nitrogens is 2. The van der Waals surface area contributed by atoms with Gasteiger partial charge in [-0.3, -0.25) is 9.59 Å². The lowest BCUT2D eigenvalue weighted by atomic mass is 9.90. The van der Waals surface area contributed by atoms with Crippen LogP contribution in [0.3, 0.4) is 0 Å². The van der Waals surface area contributed by atoms with Crippen LogP contribution < -0.4 is 4.74 Å². The van der Waals surface area contributed by atoms with Crippen LogP contribution in [0.15, 0.2) is 36.8 Å². The van der Waals surface area contributed by atoms with Gasteiger partial charge >= 0.3 is 0 Å². The highest BCUT2D eigenvalue weighted by Crippen LogP contribution is 2.31. The largest absolute Gasteiger partial charge is 0.487 e. The summed E-state index contributed by atoms with van der Waals surface area (Å²) in [5.74, 6) is 0.629. The first kappa shape index (κ1) is 23.3. The van der Waals surface area contributed by atoms with E-state index in [2.05, 4.69) is 4.98 Å². The minimum atomic E-state index is -0.140. The van der Waals surface area contributed by atoms with E-state index in [4.69, 9.17) is 4.74 Å². The molecule has 1 aromatic heterocycles. The van der Waals surface area contributed by atoms with E-state index in [0.717, 1.165) is 57.9 Å². The van der Waals surface area contributed by atoms with Crippen LogP contribution in [0.2, 0.25) is 0 Å². The molecule has 0 saturated heterocycles. The fourth-order valence-electron chi connectivity index (χ4n) is 5.08. The van der Waals surface area contributed by atoms with Crippen molar-refractivity contribution >= 4 is 11.8 Å². The third-order valence-electron chi connectivity index (χ3n) is 6.89. The second-order valence-corrected chi connectivity index (χ2v) is 9.23. The third kappa shape index (κ3) is 5.40. The van der Waals surface area contributed by atoms with Gasteiger partial charge in [0, 0.05) is 32.9 Å². The van der Waals surface area contributed by atoms with Gasteiger partial charge in [0.15, 0.2) is 0 Å². The first-order chi connectivity index (χ1) is 16.1. The van der Waals surface area contributed by atoms with Gasteiger partial charge in [-0.1, -0.05) is 31.4 Å². The molecule has 2 heterocycles. The minimum Gasteiger partial charge on any atom is -0.487 e. The standard InChI is InChI=1S/C26H36N4O3/c1-3-29-16-10-4-5-11-17-30(26(32)21-18-28(2)19-27-21)22-13-7-9-15-24(22)33-23-14-8-6-12-20(23)25(29)31/h6,8,12,14,18-19,22,24H,3-5,7,9-11,13,15-17H2,1-2H3/t22-,24+/m1/s1. The van der Waals surface area contributed by atoms with E-state index >= 15 is 0 Å². The predicted molar refractivity (Wildman–Crippen MR) is 127 cm³/mol. The van der Waals surface area contributed by atoms with Crippen LogP contribution in [-0.4, -0.2) is 62.9 Å². The van der Waals surface area contributed by atoms with Crippen molar-refractivity contribution in [2.45, 2.75) is 70.4 Å². The zero-order valence-corrected chi connectivity index (χ0v) is 19.9. The van der Waals surface area contributed by atoms with E-state index in [1.807, 2.05) is 52.6 Å². The number of carbonyl (C=O) groups excluding carboxylic acids is 2. The molecule has 1 fully saturated rings. The molecular weight excluding hydrogens is 416 g/mol. The van der Waals surface area contributed by atoms with Crippen molar-refractivity contribution in [1.82, 2.24) is 19.4 Å². The monoisotopic (exact) mass is 452 g/mol. The van der Waals surface area contributed by atoms with Gasteiger partial charge in [-0.25, -0.2) is 4.98 Å². The van der Waals surface area contributed by atoms with Crippen molar-refractivity contribution in [3.8, 4) is 5.75 Å². The molecule has 1 aliphatic heterocycles. The number of hydrogen-bond donors (Lipinski definition) is 0. The highest BCUT2D eigenvalue weighted by molar-refractivity contribution is 5.97. The molecule has 2 amide bonds. The van der Waals surface area contributed by atoms with E-state index in [0.29, 0.717) is 30.1 Å². The average Bonchev–Trinajstić information content (AvgIpc) is 3.27. The zero-order chi connectivity index (χ0) is 23.2. The molecule has 4 rings (SSSR count). The van der Waals surface area contributed by atoms with Crippen molar-refractivity contribution in [2.75, 3.05) is 19.6 Å². The predicted octanol–water partition coefficient (Wildman–Crippen LogP) is 4.29. The summed E-state index contributed by atoms with van der Waals surface area (Å²) in [6.45, 7) is 4.17. The summed E-state index contributed by atoms with van der Waals surface area (Å²) in [5, 5.41) is 0. The zero-order valence-electron chi connectivity index (χ0n) is 19.9. The number of nitrogens with zero attached hydrogens (tertiary/aromatic N) is 4. The van der Waals surface area contributed by atoms with Crippen molar-refractivity contribution in [2.24, 2.45) is 7.05 Å². The molecule has 33 heavy (non-hydrogen) atoms. The van der Waals surface area contributed by atoms with E-state index in [1.165, 1.54) is 0 Å². The Morgan fingerprint density at radius 1 is 1.06 bits per heavy atom. The molecule has 178 valence electrons. The third-order valence-corrected chi connectivity index (χ3v) is 6.89. The molecule has 0 spiro atoms. The minimum absolute atomic E-state index is 0.0234. The number of carbonyl (C=O) groups is 2. The van der Waals surface area contributed by atoms with E-state index in [-0.39, 0.29) is 24.0 Å². The van der Waals surface area contributed by atoms with Crippen LogP contribution in [0.25, 0.3) is 0 Å². The molecule has 1 aromatic carbocycles. The summed E-state index contributed by atoms with van der Waals surface area (Å²) in [7, 11) is 1.88. The van der Waals surface area contributed by atoms with Crippen LogP contribution in [0.1, 0.15) is 79.1 Å². The van der Waals surface area contributed by atoms with Crippen molar-refractivity contribution in [3.63, 3.8) is 0 Å². The second kappa shape index (κ2) is 10.9. The van der Waals surface area contributed by atoms with Crippen LogP contribution in [0.4, 0.5) is 0 Å². The molecule has 2 aliphatic rings. The van der Waals surface area contributed by atoms with Crippen molar-refractivity contribution in [3.05, 3.63) is 48.0 Å².